The van der Waals surface area contributed by atoms with Crippen molar-refractivity contribution in [2.75, 3.05) is 0 Å². The largest absolute Gasteiger partial charge is 0.366 e. The Balaban J connectivity index is 2.92. The van der Waals surface area contributed by atoms with E-state index in [1.54, 1.807) is 24.3 Å². The van der Waals surface area contributed by atoms with Crippen LogP contribution < -0.4 is 5.73 Å². The summed E-state index contributed by atoms with van der Waals surface area (Å²) < 4.78 is 0. The van der Waals surface area contributed by atoms with E-state index in [4.69, 9.17) is 5.73 Å². The summed E-state index contributed by atoms with van der Waals surface area (Å²) in [6.07, 6.45) is 0. The fraction of sp³-hybridized carbons (Fsp3) is 0.0769. The molecule has 2 rings (SSSR count). The zero-order chi connectivity index (χ0) is 11.7. The zero-order valence-electron chi connectivity index (χ0n) is 8.86. The van der Waals surface area contributed by atoms with Crippen molar-refractivity contribution in [2.45, 2.75) is 6.92 Å². The summed E-state index contributed by atoms with van der Waals surface area (Å²) in [5.74, 6) is -0.585. The van der Waals surface area contributed by atoms with Crippen LogP contribution in [0.4, 0.5) is 0 Å². The normalized spacial score (nSPS) is 10.3. The summed E-state index contributed by atoms with van der Waals surface area (Å²) in [5.41, 5.74) is 6.22. The molecule has 0 spiro atoms. The number of hydrogen-bond acceptors (Lipinski definition) is 2. The molecule has 2 aromatic rings. The number of hydrogen-bond donors (Lipinski definition) is 1. The molecule has 3 heteroatoms. The monoisotopic (exact) mass is 213 g/mol. The van der Waals surface area contributed by atoms with Crippen molar-refractivity contribution in [2.24, 2.45) is 5.73 Å². The first kappa shape index (κ1) is 10.4. The number of fused-ring (bicyclic) bond motifs is 1. The van der Waals surface area contributed by atoms with E-state index in [2.05, 4.69) is 0 Å². The van der Waals surface area contributed by atoms with Crippen LogP contribution >= 0.6 is 0 Å². The number of carbonyl (C=O) groups excluding carboxylic acids is 2. The molecular weight excluding hydrogens is 202 g/mol. The van der Waals surface area contributed by atoms with E-state index in [9.17, 15) is 9.59 Å². The highest BCUT2D eigenvalue weighted by Gasteiger charge is 2.12. The van der Waals surface area contributed by atoms with Crippen LogP contribution in [-0.2, 0) is 0 Å². The molecule has 0 fully saturated rings. The maximum absolute atomic E-state index is 11.5. The second-order valence-electron chi connectivity index (χ2n) is 3.63. The highest BCUT2D eigenvalue weighted by atomic mass is 16.1. The molecule has 0 bridgehead atoms. The minimum absolute atomic E-state index is 0.0701. The van der Waals surface area contributed by atoms with Gasteiger partial charge < -0.3 is 5.73 Å². The third-order valence-corrected chi connectivity index (χ3v) is 2.55. The maximum Gasteiger partial charge on any atom is 0.249 e. The molecule has 0 aliphatic heterocycles. The average molecular weight is 213 g/mol. The summed E-state index contributed by atoms with van der Waals surface area (Å²) in [7, 11) is 0. The van der Waals surface area contributed by atoms with Gasteiger partial charge in [-0.15, -0.1) is 0 Å². The molecular formula is C13H11NO2. The number of primary amides is 1. The van der Waals surface area contributed by atoms with Crippen molar-refractivity contribution in [3.05, 3.63) is 47.5 Å². The van der Waals surface area contributed by atoms with Gasteiger partial charge in [0, 0.05) is 16.5 Å². The van der Waals surface area contributed by atoms with Crippen molar-refractivity contribution in [3.8, 4) is 0 Å². The van der Waals surface area contributed by atoms with E-state index in [0.29, 0.717) is 16.5 Å². The Bertz CT molecular complexity index is 539. The Labute approximate surface area is 92.9 Å². The lowest BCUT2D eigenvalue weighted by Crippen LogP contribution is -2.12. The quantitative estimate of drug-likeness (QED) is 0.777. The first-order chi connectivity index (χ1) is 7.61. The summed E-state index contributed by atoms with van der Waals surface area (Å²) >= 11 is 0. The van der Waals surface area contributed by atoms with Crippen LogP contribution in [0.1, 0.15) is 27.6 Å². The van der Waals surface area contributed by atoms with Gasteiger partial charge in [-0.2, -0.15) is 0 Å². The van der Waals surface area contributed by atoms with Crippen LogP contribution in [0.3, 0.4) is 0 Å². The summed E-state index contributed by atoms with van der Waals surface area (Å²) in [5, 5.41) is 1.49. The van der Waals surface area contributed by atoms with E-state index in [1.807, 2.05) is 12.1 Å². The van der Waals surface area contributed by atoms with Crippen LogP contribution in [0.5, 0.6) is 0 Å². The number of rotatable bonds is 2. The second kappa shape index (κ2) is 3.77. The molecule has 0 saturated carbocycles. The Morgan fingerprint density at radius 2 is 1.56 bits per heavy atom. The smallest absolute Gasteiger partial charge is 0.249 e. The van der Waals surface area contributed by atoms with Crippen LogP contribution in [0.25, 0.3) is 10.8 Å². The SMILES string of the molecule is CC(=O)c1cccc2cccc(C(N)=O)c12. The Hall–Kier alpha value is -2.16. The van der Waals surface area contributed by atoms with Crippen molar-refractivity contribution in [1.29, 1.82) is 0 Å². The molecule has 0 aliphatic carbocycles. The third kappa shape index (κ3) is 1.56. The van der Waals surface area contributed by atoms with E-state index in [0.717, 1.165) is 5.39 Å². The Morgan fingerprint density at radius 1 is 1.00 bits per heavy atom. The highest BCUT2D eigenvalue weighted by Crippen LogP contribution is 2.23. The number of benzene rings is 2. The summed E-state index contributed by atoms with van der Waals surface area (Å²) in [6, 6.07) is 10.6. The second-order valence-corrected chi connectivity index (χ2v) is 3.63. The lowest BCUT2D eigenvalue weighted by atomic mass is 9.97. The summed E-state index contributed by atoms with van der Waals surface area (Å²) in [6.45, 7) is 1.48. The first-order valence-corrected chi connectivity index (χ1v) is 4.93. The van der Waals surface area contributed by atoms with Gasteiger partial charge in [0.1, 0.15) is 0 Å². The van der Waals surface area contributed by atoms with Gasteiger partial charge in [0.25, 0.3) is 0 Å². The Morgan fingerprint density at radius 3 is 2.06 bits per heavy atom. The van der Waals surface area contributed by atoms with E-state index in [1.165, 1.54) is 6.92 Å². The number of amides is 1. The van der Waals surface area contributed by atoms with Crippen molar-refractivity contribution in [3.63, 3.8) is 0 Å². The van der Waals surface area contributed by atoms with Crippen molar-refractivity contribution < 1.29 is 9.59 Å². The predicted octanol–water partition coefficient (Wildman–Crippen LogP) is 2.14. The van der Waals surface area contributed by atoms with Crippen LogP contribution in [0, 0.1) is 0 Å². The molecule has 2 aromatic carbocycles. The van der Waals surface area contributed by atoms with E-state index < -0.39 is 5.91 Å². The van der Waals surface area contributed by atoms with Gasteiger partial charge in [-0.05, 0) is 18.4 Å². The first-order valence-electron chi connectivity index (χ1n) is 4.93. The highest BCUT2D eigenvalue weighted by molar-refractivity contribution is 6.15. The molecule has 80 valence electrons. The van der Waals surface area contributed by atoms with Gasteiger partial charge in [0.2, 0.25) is 5.91 Å². The standard InChI is InChI=1S/C13H11NO2/c1-8(15)10-6-2-4-9-5-3-7-11(12(9)10)13(14)16/h2-7H,1H3,(H2,14,16). The van der Waals surface area contributed by atoms with Gasteiger partial charge in [0.05, 0.1) is 0 Å². The number of Topliss-reactive ketones (excluding diaryl/α,β-unsaturated/α-hetero) is 1. The lowest BCUT2D eigenvalue weighted by Gasteiger charge is -2.07. The number of ketones is 1. The van der Waals surface area contributed by atoms with Crippen molar-refractivity contribution >= 4 is 22.5 Å². The fourth-order valence-electron chi connectivity index (χ4n) is 1.84. The van der Waals surface area contributed by atoms with Gasteiger partial charge in [-0.3, -0.25) is 9.59 Å². The Kier molecular flexibility index (Phi) is 2.44. The molecule has 0 unspecified atom stereocenters. The molecule has 0 radical (unpaired) electrons. The van der Waals surface area contributed by atoms with Crippen LogP contribution in [0.15, 0.2) is 36.4 Å². The average Bonchev–Trinajstić information content (AvgIpc) is 2.27. The van der Waals surface area contributed by atoms with Gasteiger partial charge >= 0.3 is 0 Å². The third-order valence-electron chi connectivity index (χ3n) is 2.55. The van der Waals surface area contributed by atoms with Gasteiger partial charge in [-0.1, -0.05) is 30.3 Å². The summed E-state index contributed by atoms with van der Waals surface area (Å²) in [4.78, 5) is 22.8. The number of carbonyl (C=O) groups is 2. The fourth-order valence-corrected chi connectivity index (χ4v) is 1.84. The molecule has 16 heavy (non-hydrogen) atoms. The molecule has 2 N–H and O–H groups in total. The molecule has 0 aromatic heterocycles. The molecule has 0 aliphatic rings. The molecule has 0 heterocycles. The lowest BCUT2D eigenvalue weighted by molar-refractivity contribution is 0.100. The van der Waals surface area contributed by atoms with E-state index >= 15 is 0 Å². The minimum Gasteiger partial charge on any atom is -0.366 e. The van der Waals surface area contributed by atoms with Gasteiger partial charge in [-0.25, -0.2) is 0 Å². The zero-order valence-corrected chi connectivity index (χ0v) is 8.86. The predicted molar refractivity (Wildman–Crippen MR) is 62.5 cm³/mol. The van der Waals surface area contributed by atoms with Crippen LogP contribution in [0.2, 0.25) is 0 Å². The van der Waals surface area contributed by atoms with Crippen molar-refractivity contribution in [1.82, 2.24) is 0 Å². The van der Waals surface area contributed by atoms with Crippen LogP contribution in [-0.4, -0.2) is 11.7 Å². The number of nitrogens with two attached hydrogens (primary N) is 1. The maximum atomic E-state index is 11.5. The molecule has 1 amide bonds. The molecule has 0 atom stereocenters. The minimum atomic E-state index is -0.515. The van der Waals surface area contributed by atoms with Gasteiger partial charge in [0.15, 0.2) is 5.78 Å². The molecule has 3 nitrogen and oxygen atoms in total. The molecule has 0 saturated heterocycles. The van der Waals surface area contributed by atoms with E-state index in [-0.39, 0.29) is 5.78 Å². The topological polar surface area (TPSA) is 60.2 Å².